The first kappa shape index (κ1) is 20.4. The normalized spacial score (nSPS) is 15.9. The number of halogens is 1. The third-order valence-electron chi connectivity index (χ3n) is 5.82. The van der Waals surface area contributed by atoms with Gasteiger partial charge in [0.15, 0.2) is 5.65 Å². The van der Waals surface area contributed by atoms with Crippen molar-refractivity contribution in [3.8, 4) is 23.3 Å². The van der Waals surface area contributed by atoms with Gasteiger partial charge in [-0.15, -0.1) is 11.3 Å². The second-order valence-electron chi connectivity index (χ2n) is 7.61. The fourth-order valence-corrected chi connectivity index (χ4v) is 5.09. The van der Waals surface area contributed by atoms with E-state index in [9.17, 15) is 9.65 Å². The van der Waals surface area contributed by atoms with Crippen molar-refractivity contribution in [1.29, 1.82) is 5.26 Å². The molecule has 5 rings (SSSR count). The van der Waals surface area contributed by atoms with Gasteiger partial charge in [0.05, 0.1) is 28.5 Å². The quantitative estimate of drug-likeness (QED) is 0.488. The third-order valence-corrected chi connectivity index (χ3v) is 6.85. The molecular formula is C22H20FN7OS. The first-order chi connectivity index (χ1) is 15.5. The average Bonchev–Trinajstić information content (AvgIpc) is 3.46. The van der Waals surface area contributed by atoms with Crippen LogP contribution in [0.4, 0.5) is 15.2 Å². The molecule has 1 atom stereocenters. The van der Waals surface area contributed by atoms with Gasteiger partial charge >= 0.3 is 6.01 Å². The van der Waals surface area contributed by atoms with Crippen molar-refractivity contribution in [2.45, 2.75) is 12.5 Å². The van der Waals surface area contributed by atoms with E-state index in [0.29, 0.717) is 33.0 Å². The second kappa shape index (κ2) is 7.85. The highest BCUT2D eigenvalue weighted by Gasteiger charge is 2.24. The van der Waals surface area contributed by atoms with E-state index in [1.165, 1.54) is 13.2 Å². The number of methoxy groups -OCH3 is 1. The summed E-state index contributed by atoms with van der Waals surface area (Å²) in [5, 5.41) is 14.5. The standard InChI is InChI=1S/C22H20FN7OS/c1-30(11-7-8-26-10-11)21-13-4-6-16(27-20(13)28-22(29-21)31-2)12-3-5-15(23)18-17(12)14(9-24)19(25)32-18/h3-6,11,26H,7-8,10,25H2,1-2H3/t11-/m1/s1. The van der Waals surface area contributed by atoms with Gasteiger partial charge < -0.3 is 20.7 Å². The van der Waals surface area contributed by atoms with Crippen LogP contribution >= 0.6 is 11.3 Å². The Kier molecular flexibility index (Phi) is 5.00. The molecule has 0 spiro atoms. The lowest BCUT2D eigenvalue weighted by Gasteiger charge is -2.26. The van der Waals surface area contributed by atoms with Gasteiger partial charge in [0, 0.05) is 30.6 Å². The van der Waals surface area contributed by atoms with Crippen molar-refractivity contribution in [3.05, 3.63) is 35.6 Å². The molecule has 0 radical (unpaired) electrons. The molecule has 162 valence electrons. The van der Waals surface area contributed by atoms with Gasteiger partial charge in [0.25, 0.3) is 0 Å². The zero-order valence-corrected chi connectivity index (χ0v) is 18.3. The van der Waals surface area contributed by atoms with Crippen LogP contribution in [-0.4, -0.2) is 48.2 Å². The molecule has 0 aliphatic carbocycles. The average molecular weight is 450 g/mol. The van der Waals surface area contributed by atoms with Gasteiger partial charge in [-0.05, 0) is 37.2 Å². The van der Waals surface area contributed by atoms with Crippen LogP contribution in [0.1, 0.15) is 12.0 Å². The number of nitrogens with one attached hydrogen (secondary N) is 1. The molecule has 4 heterocycles. The SMILES string of the molecule is COc1nc(N(C)[C@@H]2CCNC2)c2ccc(-c3ccc(F)c4sc(N)c(C#N)c34)nc2n1. The van der Waals surface area contributed by atoms with E-state index >= 15 is 0 Å². The van der Waals surface area contributed by atoms with E-state index in [1.54, 1.807) is 6.07 Å². The van der Waals surface area contributed by atoms with Crippen molar-refractivity contribution in [2.75, 3.05) is 37.9 Å². The van der Waals surface area contributed by atoms with Crippen molar-refractivity contribution in [3.63, 3.8) is 0 Å². The van der Waals surface area contributed by atoms with Gasteiger partial charge in [0.2, 0.25) is 0 Å². The molecule has 0 saturated carbocycles. The second-order valence-corrected chi connectivity index (χ2v) is 8.66. The topological polar surface area (TPSA) is 113 Å². The summed E-state index contributed by atoms with van der Waals surface area (Å²) in [6.07, 6.45) is 1.01. The molecule has 4 aromatic rings. The molecule has 3 N–H and O–H groups in total. The van der Waals surface area contributed by atoms with Crippen molar-refractivity contribution in [2.24, 2.45) is 0 Å². The summed E-state index contributed by atoms with van der Waals surface area (Å²) in [5.41, 5.74) is 7.89. The number of nitrogen functional groups attached to an aromatic ring is 1. The number of hydrogen-bond donors (Lipinski definition) is 2. The minimum Gasteiger partial charge on any atom is -0.467 e. The highest BCUT2D eigenvalue weighted by Crippen LogP contribution is 2.41. The fraction of sp³-hybridized carbons (Fsp3) is 0.273. The van der Waals surface area contributed by atoms with Gasteiger partial charge in [-0.2, -0.15) is 15.2 Å². The van der Waals surface area contributed by atoms with Gasteiger partial charge in [-0.1, -0.05) is 0 Å². The predicted molar refractivity (Wildman–Crippen MR) is 123 cm³/mol. The number of nitriles is 1. The van der Waals surface area contributed by atoms with E-state index < -0.39 is 5.82 Å². The number of benzene rings is 1. The molecule has 1 aliphatic rings. The molecule has 0 unspecified atom stereocenters. The van der Waals surface area contributed by atoms with Crippen molar-refractivity contribution < 1.29 is 9.13 Å². The third kappa shape index (κ3) is 3.18. The molecule has 0 amide bonds. The van der Waals surface area contributed by atoms with Crippen molar-refractivity contribution in [1.82, 2.24) is 20.3 Å². The number of aromatic nitrogens is 3. The Hall–Kier alpha value is -3.55. The lowest BCUT2D eigenvalue weighted by Crippen LogP contribution is -2.34. The fourth-order valence-electron chi connectivity index (χ4n) is 4.14. The Morgan fingerprint density at radius 1 is 1.28 bits per heavy atom. The number of likely N-dealkylation sites (N-methyl/N-ethyl adjacent to an activating group) is 1. The van der Waals surface area contributed by atoms with E-state index in [2.05, 4.69) is 26.3 Å². The summed E-state index contributed by atoms with van der Waals surface area (Å²) >= 11 is 1.06. The Morgan fingerprint density at radius 2 is 2.12 bits per heavy atom. The van der Waals surface area contributed by atoms with Crippen LogP contribution in [0.15, 0.2) is 24.3 Å². The smallest absolute Gasteiger partial charge is 0.320 e. The number of nitrogens with zero attached hydrogens (tertiary/aromatic N) is 5. The first-order valence-electron chi connectivity index (χ1n) is 10.1. The molecule has 8 nitrogen and oxygen atoms in total. The van der Waals surface area contributed by atoms with Crippen LogP contribution in [0.5, 0.6) is 6.01 Å². The molecular weight excluding hydrogens is 429 g/mol. The summed E-state index contributed by atoms with van der Waals surface area (Å²) in [5.74, 6) is 0.321. The maximum Gasteiger partial charge on any atom is 0.320 e. The van der Waals surface area contributed by atoms with E-state index in [1.807, 2.05) is 19.2 Å². The zero-order chi connectivity index (χ0) is 22.4. The van der Waals surface area contributed by atoms with Crippen LogP contribution in [0, 0.1) is 17.1 Å². The summed E-state index contributed by atoms with van der Waals surface area (Å²) < 4.78 is 20.1. The monoisotopic (exact) mass is 449 g/mol. The molecule has 3 aromatic heterocycles. The van der Waals surface area contributed by atoms with E-state index in [4.69, 9.17) is 15.5 Å². The minimum absolute atomic E-state index is 0.219. The van der Waals surface area contributed by atoms with Gasteiger partial charge in [-0.25, -0.2) is 9.37 Å². The molecule has 10 heteroatoms. The molecule has 1 fully saturated rings. The maximum absolute atomic E-state index is 14.4. The number of fused-ring (bicyclic) bond motifs is 2. The summed E-state index contributed by atoms with van der Waals surface area (Å²) in [4.78, 5) is 15.9. The maximum atomic E-state index is 14.4. The highest BCUT2D eigenvalue weighted by atomic mass is 32.1. The number of pyridine rings is 1. The van der Waals surface area contributed by atoms with E-state index in [-0.39, 0.29) is 16.6 Å². The Labute approximate surface area is 187 Å². The molecule has 1 aromatic carbocycles. The Balaban J connectivity index is 1.71. The number of anilines is 2. The first-order valence-corrected chi connectivity index (χ1v) is 10.9. The lowest BCUT2D eigenvalue weighted by atomic mass is 10.0. The zero-order valence-electron chi connectivity index (χ0n) is 17.5. The molecule has 1 aliphatic heterocycles. The number of thiophene rings is 1. The van der Waals surface area contributed by atoms with E-state index in [0.717, 1.165) is 42.1 Å². The lowest BCUT2D eigenvalue weighted by molar-refractivity contribution is 0.381. The summed E-state index contributed by atoms with van der Waals surface area (Å²) in [6.45, 7) is 1.84. The number of nitrogens with two attached hydrogens (primary N) is 1. The van der Waals surface area contributed by atoms with Gasteiger partial charge in [0.1, 0.15) is 22.7 Å². The van der Waals surface area contributed by atoms with Crippen LogP contribution in [0.2, 0.25) is 0 Å². The number of rotatable bonds is 4. The van der Waals surface area contributed by atoms with Crippen LogP contribution in [-0.2, 0) is 0 Å². The van der Waals surface area contributed by atoms with Crippen LogP contribution in [0.3, 0.4) is 0 Å². The van der Waals surface area contributed by atoms with Crippen LogP contribution < -0.4 is 20.7 Å². The number of ether oxygens (including phenoxy) is 1. The Bertz CT molecular complexity index is 1390. The predicted octanol–water partition coefficient (Wildman–Crippen LogP) is 3.31. The number of hydrogen-bond acceptors (Lipinski definition) is 9. The molecule has 1 saturated heterocycles. The van der Waals surface area contributed by atoms with Crippen LogP contribution in [0.25, 0.3) is 32.4 Å². The summed E-state index contributed by atoms with van der Waals surface area (Å²) in [6, 6.07) is 9.36. The highest BCUT2D eigenvalue weighted by molar-refractivity contribution is 7.23. The molecule has 32 heavy (non-hydrogen) atoms. The van der Waals surface area contributed by atoms with Crippen molar-refractivity contribution >= 4 is 43.3 Å². The largest absolute Gasteiger partial charge is 0.467 e. The summed E-state index contributed by atoms with van der Waals surface area (Å²) in [7, 11) is 3.52. The Morgan fingerprint density at radius 3 is 2.84 bits per heavy atom. The molecule has 0 bridgehead atoms. The minimum atomic E-state index is -0.416. The van der Waals surface area contributed by atoms with Gasteiger partial charge in [-0.3, -0.25) is 0 Å².